The highest BCUT2D eigenvalue weighted by atomic mass is 16.6. The summed E-state index contributed by atoms with van der Waals surface area (Å²) < 4.78 is 5.44. The number of hydrogen-bond acceptors (Lipinski definition) is 9. The van der Waals surface area contributed by atoms with Crippen LogP contribution in [0.3, 0.4) is 0 Å². The first-order valence-corrected chi connectivity index (χ1v) is 22.7. The molecule has 8 fully saturated rings. The lowest BCUT2D eigenvalue weighted by Crippen LogP contribution is -2.54. The van der Waals surface area contributed by atoms with E-state index in [-0.39, 0.29) is 17.3 Å². The lowest BCUT2D eigenvalue weighted by atomic mass is 9.90. The molecule has 0 radical (unpaired) electrons. The molecule has 0 aromatic carbocycles. The van der Waals surface area contributed by atoms with E-state index in [1.165, 1.54) is 57.1 Å². The van der Waals surface area contributed by atoms with Gasteiger partial charge in [0.15, 0.2) is 0 Å². The number of pyridine rings is 1. The van der Waals surface area contributed by atoms with E-state index < -0.39 is 5.60 Å². The van der Waals surface area contributed by atoms with Crippen LogP contribution in [0.15, 0.2) is 24.5 Å². The van der Waals surface area contributed by atoms with Gasteiger partial charge < -0.3 is 19.4 Å². The Balaban J connectivity index is 0.000000157. The van der Waals surface area contributed by atoms with Gasteiger partial charge in [-0.05, 0) is 121 Å². The van der Waals surface area contributed by atoms with Crippen LogP contribution in [-0.4, -0.2) is 150 Å². The Morgan fingerprint density at radius 2 is 1.11 bits per heavy atom. The van der Waals surface area contributed by atoms with Crippen LogP contribution in [0.4, 0.5) is 5.69 Å². The van der Waals surface area contributed by atoms with E-state index in [9.17, 15) is 14.4 Å². The van der Waals surface area contributed by atoms with Gasteiger partial charge in [0.05, 0.1) is 6.54 Å². The predicted octanol–water partition coefficient (Wildman–Crippen LogP) is 5.29. The van der Waals surface area contributed by atoms with E-state index >= 15 is 0 Å². The maximum Gasteiger partial charge on any atom is 0.320 e. The minimum atomic E-state index is -0.426. The summed E-state index contributed by atoms with van der Waals surface area (Å²) in [4.78, 5) is 56.6. The molecule has 2 atom stereocenters. The van der Waals surface area contributed by atoms with Gasteiger partial charge in [0.2, 0.25) is 11.8 Å². The van der Waals surface area contributed by atoms with E-state index in [0.29, 0.717) is 29.7 Å². The smallest absolute Gasteiger partial charge is 0.320 e. The maximum atomic E-state index is 13.2. The van der Waals surface area contributed by atoms with Crippen molar-refractivity contribution < 1.29 is 19.1 Å². The molecular formula is C45H71N7O4. The van der Waals surface area contributed by atoms with Crippen LogP contribution in [0.2, 0.25) is 0 Å². The molecule has 4 aliphatic heterocycles. The number of ether oxygens (including phenoxy) is 1. The van der Waals surface area contributed by atoms with Crippen molar-refractivity contribution in [2.75, 3.05) is 90.0 Å². The number of carbonyl (C=O) groups excluding carboxylic acids is 3. The quantitative estimate of drug-likeness (QED) is 0.343. The second kappa shape index (κ2) is 16.8. The summed E-state index contributed by atoms with van der Waals surface area (Å²) in [6.07, 6.45) is 21.3. The van der Waals surface area contributed by atoms with Crippen LogP contribution in [0, 0.1) is 22.7 Å². The normalized spacial score (nSPS) is 28.7. The Labute approximate surface area is 336 Å². The molecule has 2 amide bonds. The molecule has 56 heavy (non-hydrogen) atoms. The molecule has 1 aromatic rings. The SMILES string of the molecule is CC(C)(C)OC(=O)CN1CCC2(CC1)CC2C(=O)N1CCN(C2CCC2)CC1.O=C(C1CC12CCN(c1ccncc1)CC2)N1CCN(C2CCCCC2)CC1. The summed E-state index contributed by atoms with van der Waals surface area (Å²) in [5.74, 6) is 1.24. The van der Waals surface area contributed by atoms with Crippen molar-refractivity contribution in [1.29, 1.82) is 0 Å². The fourth-order valence-electron chi connectivity index (χ4n) is 11.2. The average Bonchev–Trinajstić information content (AvgIpc) is 4.10. The third-order valence-electron chi connectivity index (χ3n) is 15.3. The maximum absolute atomic E-state index is 13.2. The molecule has 0 N–H and O–H groups in total. The van der Waals surface area contributed by atoms with Gasteiger partial charge in [-0.2, -0.15) is 0 Å². The highest BCUT2D eigenvalue weighted by molar-refractivity contribution is 5.83. The lowest BCUT2D eigenvalue weighted by Gasteiger charge is -2.43. The van der Waals surface area contributed by atoms with E-state index in [1.54, 1.807) is 0 Å². The molecule has 0 bridgehead atoms. The molecule has 4 saturated carbocycles. The van der Waals surface area contributed by atoms with Crippen LogP contribution in [0.25, 0.3) is 0 Å². The van der Waals surface area contributed by atoms with Crippen molar-refractivity contribution >= 4 is 23.5 Å². The highest BCUT2D eigenvalue weighted by Gasteiger charge is 2.60. The summed E-state index contributed by atoms with van der Waals surface area (Å²) in [7, 11) is 0. The molecule has 11 heteroatoms. The van der Waals surface area contributed by atoms with Crippen LogP contribution in [0.1, 0.15) is 111 Å². The van der Waals surface area contributed by atoms with E-state index in [2.05, 4.69) is 46.5 Å². The fourth-order valence-corrected chi connectivity index (χ4v) is 11.2. The molecular weight excluding hydrogens is 703 g/mol. The number of esters is 1. The Bertz CT molecular complexity index is 1490. The molecule has 2 unspecified atom stereocenters. The summed E-state index contributed by atoms with van der Waals surface area (Å²) >= 11 is 0. The van der Waals surface area contributed by atoms with E-state index in [4.69, 9.17) is 4.74 Å². The average molecular weight is 774 g/mol. The van der Waals surface area contributed by atoms with Crippen molar-refractivity contribution in [2.24, 2.45) is 22.7 Å². The number of anilines is 1. The van der Waals surface area contributed by atoms with E-state index in [0.717, 1.165) is 129 Å². The highest BCUT2D eigenvalue weighted by Crippen LogP contribution is 2.61. The number of amides is 2. The zero-order valence-corrected chi connectivity index (χ0v) is 35.0. The van der Waals surface area contributed by atoms with Crippen molar-refractivity contribution in [3.63, 3.8) is 0 Å². The van der Waals surface area contributed by atoms with E-state index in [1.807, 2.05) is 33.2 Å². The van der Waals surface area contributed by atoms with Crippen LogP contribution >= 0.6 is 0 Å². The van der Waals surface area contributed by atoms with Crippen molar-refractivity contribution in [2.45, 2.75) is 128 Å². The number of aromatic nitrogens is 1. The minimum Gasteiger partial charge on any atom is -0.459 e. The largest absolute Gasteiger partial charge is 0.459 e. The Kier molecular flexibility index (Phi) is 12.0. The molecule has 1 aromatic heterocycles. The van der Waals surface area contributed by atoms with Crippen LogP contribution in [0.5, 0.6) is 0 Å². The summed E-state index contributed by atoms with van der Waals surface area (Å²) in [6, 6.07) is 5.77. The zero-order chi connectivity index (χ0) is 38.9. The van der Waals surface area contributed by atoms with Gasteiger partial charge in [0, 0.05) is 107 Å². The number of piperazine rings is 2. The molecule has 4 saturated heterocycles. The standard InChI is InChI=1S/C23H34N4O.C22H37N3O3/c28-22(27-16-14-26(15-17-27)19-4-2-1-3-5-19)21-18-23(21)8-12-25(13-9-23)20-6-10-24-11-7-20;1-21(2,3)28-19(26)16-23-9-7-22(8-10-23)15-18(22)20(27)25-13-11-24(12-14-25)17-5-4-6-17/h6-7,10-11,19,21H,1-5,8-9,12-18H2;17-18H,4-16H2,1-3H3. The van der Waals surface area contributed by atoms with Gasteiger partial charge in [-0.1, -0.05) is 25.7 Å². The molecule has 4 aliphatic carbocycles. The first-order valence-electron chi connectivity index (χ1n) is 22.7. The Morgan fingerprint density at radius 3 is 1.55 bits per heavy atom. The molecule has 2 spiro atoms. The van der Waals surface area contributed by atoms with Crippen molar-refractivity contribution in [1.82, 2.24) is 29.5 Å². The number of hydrogen-bond donors (Lipinski definition) is 0. The summed E-state index contributed by atoms with van der Waals surface area (Å²) in [6.45, 7) is 18.0. The van der Waals surface area contributed by atoms with Gasteiger partial charge in [-0.3, -0.25) is 34.1 Å². The van der Waals surface area contributed by atoms with Gasteiger partial charge in [-0.25, -0.2) is 0 Å². The van der Waals surface area contributed by atoms with Gasteiger partial charge >= 0.3 is 5.97 Å². The monoisotopic (exact) mass is 774 g/mol. The molecule has 5 heterocycles. The first-order chi connectivity index (χ1) is 27.0. The number of piperidine rings is 2. The van der Waals surface area contributed by atoms with Crippen LogP contribution in [-0.2, 0) is 19.1 Å². The fraction of sp³-hybridized carbons (Fsp3) is 0.822. The summed E-state index contributed by atoms with van der Waals surface area (Å²) in [5.41, 5.74) is 1.37. The molecule has 310 valence electrons. The Hall–Kier alpha value is -2.76. The summed E-state index contributed by atoms with van der Waals surface area (Å²) in [5, 5.41) is 0. The van der Waals surface area contributed by atoms with Crippen molar-refractivity contribution in [3.8, 4) is 0 Å². The number of carbonyl (C=O) groups is 3. The second-order valence-electron chi connectivity index (χ2n) is 19.9. The molecule has 11 nitrogen and oxygen atoms in total. The lowest BCUT2D eigenvalue weighted by molar-refractivity contribution is -0.156. The van der Waals surface area contributed by atoms with Crippen LogP contribution < -0.4 is 4.90 Å². The zero-order valence-electron chi connectivity index (χ0n) is 35.0. The minimum absolute atomic E-state index is 0.142. The number of likely N-dealkylation sites (tertiary alicyclic amines) is 1. The number of nitrogens with zero attached hydrogens (tertiary/aromatic N) is 7. The molecule has 8 aliphatic rings. The van der Waals surface area contributed by atoms with Gasteiger partial charge in [-0.15, -0.1) is 0 Å². The third kappa shape index (κ3) is 9.25. The third-order valence-corrected chi connectivity index (χ3v) is 15.3. The van der Waals surface area contributed by atoms with Crippen molar-refractivity contribution in [3.05, 3.63) is 24.5 Å². The topological polar surface area (TPSA) is 92.8 Å². The first kappa shape index (κ1) is 40.0. The van der Waals surface area contributed by atoms with Gasteiger partial charge in [0.1, 0.15) is 5.60 Å². The van der Waals surface area contributed by atoms with Gasteiger partial charge in [0.25, 0.3) is 0 Å². The second-order valence-corrected chi connectivity index (χ2v) is 19.9. The molecule has 9 rings (SSSR count). The Morgan fingerprint density at radius 1 is 0.643 bits per heavy atom. The number of rotatable bonds is 7. The predicted molar refractivity (Wildman–Crippen MR) is 219 cm³/mol.